The highest BCUT2D eigenvalue weighted by atomic mass is 16.6. The second-order valence-electron chi connectivity index (χ2n) is 7.38. The van der Waals surface area contributed by atoms with E-state index in [1.807, 2.05) is 20.8 Å². The van der Waals surface area contributed by atoms with Gasteiger partial charge in [-0.25, -0.2) is 4.79 Å². The van der Waals surface area contributed by atoms with Crippen molar-refractivity contribution < 1.29 is 14.6 Å². The van der Waals surface area contributed by atoms with E-state index in [1.54, 1.807) is 4.90 Å². The van der Waals surface area contributed by atoms with Crippen molar-refractivity contribution in [2.24, 2.45) is 16.6 Å². The maximum Gasteiger partial charge on any atom is 0.410 e. The first kappa shape index (κ1) is 14.6. The standard InChI is InChI=1S/C14H26N2O3/c1-12(2,3)19-11(18)16-8-13(7-15)4-5-14(6-13,9-16)10-17/h17H,4-10,15H2,1-3H3. The van der Waals surface area contributed by atoms with E-state index in [2.05, 4.69) is 0 Å². The molecule has 5 heteroatoms. The lowest BCUT2D eigenvalue weighted by Gasteiger charge is -2.44. The summed E-state index contributed by atoms with van der Waals surface area (Å²) in [5, 5.41) is 9.69. The summed E-state index contributed by atoms with van der Waals surface area (Å²) in [6.45, 7) is 7.51. The predicted octanol–water partition coefficient (Wildman–Crippen LogP) is 1.34. The number of aliphatic hydroxyl groups excluding tert-OH is 1. The zero-order valence-corrected chi connectivity index (χ0v) is 12.2. The number of amides is 1. The van der Waals surface area contributed by atoms with Gasteiger partial charge in [0.2, 0.25) is 0 Å². The predicted molar refractivity (Wildman–Crippen MR) is 72.7 cm³/mol. The van der Waals surface area contributed by atoms with E-state index in [1.165, 1.54) is 0 Å². The Bertz CT molecular complexity index is 346. The van der Waals surface area contributed by atoms with E-state index in [0.717, 1.165) is 19.3 Å². The number of aliphatic hydroxyl groups is 1. The van der Waals surface area contributed by atoms with Gasteiger partial charge >= 0.3 is 6.09 Å². The highest BCUT2D eigenvalue weighted by Crippen LogP contribution is 2.53. The van der Waals surface area contributed by atoms with Gasteiger partial charge in [0.15, 0.2) is 0 Å². The van der Waals surface area contributed by atoms with Crippen LogP contribution < -0.4 is 5.73 Å². The molecule has 2 rings (SSSR count). The van der Waals surface area contributed by atoms with Crippen LogP contribution in [0.25, 0.3) is 0 Å². The van der Waals surface area contributed by atoms with Crippen LogP contribution >= 0.6 is 0 Å². The van der Waals surface area contributed by atoms with Crippen molar-refractivity contribution >= 4 is 6.09 Å². The quantitative estimate of drug-likeness (QED) is 0.794. The zero-order chi connectivity index (χ0) is 14.3. The fraction of sp³-hybridized carbons (Fsp3) is 0.929. The molecule has 2 aliphatic rings. The Morgan fingerprint density at radius 2 is 1.89 bits per heavy atom. The minimum Gasteiger partial charge on any atom is -0.444 e. The summed E-state index contributed by atoms with van der Waals surface area (Å²) in [6.07, 6.45) is 2.57. The fourth-order valence-electron chi connectivity index (χ4n) is 3.52. The highest BCUT2D eigenvalue weighted by molar-refractivity contribution is 5.68. The topological polar surface area (TPSA) is 75.8 Å². The van der Waals surface area contributed by atoms with Crippen molar-refractivity contribution in [2.75, 3.05) is 26.2 Å². The Morgan fingerprint density at radius 3 is 2.42 bits per heavy atom. The lowest BCUT2D eigenvalue weighted by molar-refractivity contribution is -0.0202. The number of carbonyl (C=O) groups excluding carboxylic acids is 1. The van der Waals surface area contributed by atoms with Crippen molar-refractivity contribution in [3.8, 4) is 0 Å². The number of carbonyl (C=O) groups is 1. The van der Waals surface area contributed by atoms with Crippen LogP contribution in [0.2, 0.25) is 0 Å². The van der Waals surface area contributed by atoms with Gasteiger partial charge in [0.1, 0.15) is 5.60 Å². The SMILES string of the molecule is CC(C)(C)OC(=O)N1CC2(CN)CCC(CO)(C1)C2. The van der Waals surface area contributed by atoms with Gasteiger partial charge in [0, 0.05) is 23.9 Å². The molecule has 1 aliphatic heterocycles. The Hall–Kier alpha value is -0.810. The first-order valence-corrected chi connectivity index (χ1v) is 7.02. The molecule has 1 aliphatic carbocycles. The Labute approximate surface area is 115 Å². The minimum absolute atomic E-state index is 0.0299. The molecule has 1 heterocycles. The third-order valence-electron chi connectivity index (χ3n) is 4.41. The molecule has 0 aromatic carbocycles. The smallest absolute Gasteiger partial charge is 0.410 e. The molecule has 0 aromatic rings. The van der Waals surface area contributed by atoms with Crippen molar-refractivity contribution in [3.63, 3.8) is 0 Å². The number of likely N-dealkylation sites (tertiary alicyclic amines) is 1. The molecular formula is C14H26N2O3. The van der Waals surface area contributed by atoms with Crippen LogP contribution in [0.5, 0.6) is 0 Å². The van der Waals surface area contributed by atoms with E-state index in [9.17, 15) is 9.90 Å². The Kier molecular flexibility index (Phi) is 3.56. The molecule has 2 unspecified atom stereocenters. The van der Waals surface area contributed by atoms with E-state index in [4.69, 9.17) is 10.5 Å². The van der Waals surface area contributed by atoms with Gasteiger partial charge in [-0.3, -0.25) is 0 Å². The van der Waals surface area contributed by atoms with Crippen LogP contribution in [0.3, 0.4) is 0 Å². The number of piperidine rings is 1. The van der Waals surface area contributed by atoms with Crippen LogP contribution in [0.1, 0.15) is 40.0 Å². The second kappa shape index (κ2) is 4.63. The molecular weight excluding hydrogens is 244 g/mol. The average Bonchev–Trinajstić information content (AvgIpc) is 2.60. The van der Waals surface area contributed by atoms with Crippen LogP contribution in [-0.2, 0) is 4.74 Å². The molecule has 2 fully saturated rings. The molecule has 0 spiro atoms. The number of rotatable bonds is 2. The van der Waals surface area contributed by atoms with Crippen molar-refractivity contribution in [2.45, 2.75) is 45.6 Å². The Balaban J connectivity index is 2.13. The van der Waals surface area contributed by atoms with E-state index in [0.29, 0.717) is 19.6 Å². The molecule has 0 aromatic heterocycles. The number of nitrogens with two attached hydrogens (primary N) is 1. The van der Waals surface area contributed by atoms with Gasteiger partial charge in [0.05, 0.1) is 6.61 Å². The molecule has 1 saturated carbocycles. The number of fused-ring (bicyclic) bond motifs is 2. The first-order valence-electron chi connectivity index (χ1n) is 7.02. The summed E-state index contributed by atoms with van der Waals surface area (Å²) < 4.78 is 5.45. The molecule has 3 N–H and O–H groups in total. The number of hydrogen-bond donors (Lipinski definition) is 2. The van der Waals surface area contributed by atoms with E-state index < -0.39 is 5.60 Å². The fourth-order valence-corrected chi connectivity index (χ4v) is 3.52. The molecule has 5 nitrogen and oxygen atoms in total. The second-order valence-corrected chi connectivity index (χ2v) is 7.38. The third-order valence-corrected chi connectivity index (χ3v) is 4.41. The van der Waals surface area contributed by atoms with Gasteiger partial charge in [0.25, 0.3) is 0 Å². The molecule has 19 heavy (non-hydrogen) atoms. The van der Waals surface area contributed by atoms with Gasteiger partial charge in [-0.05, 0) is 46.6 Å². The summed E-state index contributed by atoms with van der Waals surface area (Å²) >= 11 is 0. The molecule has 110 valence electrons. The summed E-state index contributed by atoms with van der Waals surface area (Å²) in [7, 11) is 0. The molecule has 1 amide bonds. The third kappa shape index (κ3) is 2.87. The summed E-state index contributed by atoms with van der Waals surface area (Å²) in [6, 6.07) is 0. The molecule has 0 radical (unpaired) electrons. The maximum atomic E-state index is 12.2. The highest BCUT2D eigenvalue weighted by Gasteiger charge is 2.54. The average molecular weight is 270 g/mol. The maximum absolute atomic E-state index is 12.2. The van der Waals surface area contributed by atoms with E-state index in [-0.39, 0.29) is 23.5 Å². The first-order chi connectivity index (χ1) is 8.73. The van der Waals surface area contributed by atoms with Crippen LogP contribution in [0, 0.1) is 10.8 Å². The van der Waals surface area contributed by atoms with Gasteiger partial charge in [-0.2, -0.15) is 0 Å². The summed E-state index contributed by atoms with van der Waals surface area (Å²) in [5.74, 6) is 0. The lowest BCUT2D eigenvalue weighted by Crippen LogP contribution is -2.54. The van der Waals surface area contributed by atoms with Crippen molar-refractivity contribution in [1.82, 2.24) is 4.90 Å². The van der Waals surface area contributed by atoms with Crippen molar-refractivity contribution in [1.29, 1.82) is 0 Å². The minimum atomic E-state index is -0.490. The Morgan fingerprint density at radius 1 is 1.32 bits per heavy atom. The van der Waals surface area contributed by atoms with Gasteiger partial charge in [-0.1, -0.05) is 0 Å². The summed E-state index contributed by atoms with van der Waals surface area (Å²) in [5.41, 5.74) is 5.23. The van der Waals surface area contributed by atoms with Crippen molar-refractivity contribution in [3.05, 3.63) is 0 Å². The largest absolute Gasteiger partial charge is 0.444 e. The number of hydrogen-bond acceptors (Lipinski definition) is 4. The number of nitrogens with zero attached hydrogens (tertiary/aromatic N) is 1. The summed E-state index contributed by atoms with van der Waals surface area (Å²) in [4.78, 5) is 14.0. The normalized spacial score (nSPS) is 34.5. The lowest BCUT2D eigenvalue weighted by atomic mass is 9.75. The van der Waals surface area contributed by atoms with Gasteiger partial charge < -0.3 is 20.5 Å². The number of ether oxygens (including phenoxy) is 1. The van der Waals surface area contributed by atoms with Crippen LogP contribution in [0.15, 0.2) is 0 Å². The zero-order valence-electron chi connectivity index (χ0n) is 12.2. The van der Waals surface area contributed by atoms with Crippen LogP contribution in [-0.4, -0.2) is 47.9 Å². The van der Waals surface area contributed by atoms with Crippen LogP contribution in [0.4, 0.5) is 4.79 Å². The monoisotopic (exact) mass is 270 g/mol. The molecule has 1 saturated heterocycles. The van der Waals surface area contributed by atoms with Gasteiger partial charge in [-0.15, -0.1) is 0 Å². The van der Waals surface area contributed by atoms with E-state index >= 15 is 0 Å². The molecule has 2 bridgehead atoms. The molecule has 2 atom stereocenters.